The van der Waals surface area contributed by atoms with E-state index in [1.54, 1.807) is 0 Å². The number of amides is 2. The van der Waals surface area contributed by atoms with E-state index in [1.807, 2.05) is 17.9 Å². The third-order valence-corrected chi connectivity index (χ3v) is 6.41. The first-order valence-corrected chi connectivity index (χ1v) is 10.5. The average molecular weight is 374 g/mol. The van der Waals surface area contributed by atoms with Crippen molar-refractivity contribution < 1.29 is 9.59 Å². The molecule has 1 N–H and O–H groups in total. The molecule has 0 radical (unpaired) electrons. The van der Waals surface area contributed by atoms with Crippen LogP contribution in [0.4, 0.5) is 0 Å². The third kappa shape index (κ3) is 4.03. The molecule has 3 aliphatic rings. The minimum Gasteiger partial charge on any atom is -0.342 e. The first kappa shape index (κ1) is 18.5. The van der Waals surface area contributed by atoms with E-state index in [9.17, 15) is 9.59 Å². The van der Waals surface area contributed by atoms with Gasteiger partial charge in [-0.15, -0.1) is 0 Å². The van der Waals surface area contributed by atoms with Gasteiger partial charge in [0.1, 0.15) is 5.69 Å². The quantitative estimate of drug-likeness (QED) is 0.875. The fraction of sp³-hybridized carbons (Fsp3) is 0.750. The van der Waals surface area contributed by atoms with Crippen LogP contribution in [-0.4, -0.2) is 82.0 Å². The molecule has 27 heavy (non-hydrogen) atoms. The van der Waals surface area contributed by atoms with E-state index in [4.69, 9.17) is 0 Å². The minimum atomic E-state index is 0.0264. The summed E-state index contributed by atoms with van der Waals surface area (Å²) in [6.45, 7) is 7.33. The fourth-order valence-corrected chi connectivity index (χ4v) is 4.86. The highest BCUT2D eigenvalue weighted by Gasteiger charge is 2.35. The number of hydrogen-bond donors (Lipinski definition) is 1. The summed E-state index contributed by atoms with van der Waals surface area (Å²) in [7, 11) is 0. The van der Waals surface area contributed by atoms with E-state index >= 15 is 0 Å². The molecule has 1 aromatic heterocycles. The first-order valence-electron chi connectivity index (χ1n) is 10.5. The molecule has 7 heteroatoms. The van der Waals surface area contributed by atoms with Gasteiger partial charge in [0, 0.05) is 44.5 Å². The van der Waals surface area contributed by atoms with Crippen LogP contribution in [0.5, 0.6) is 0 Å². The highest BCUT2D eigenvalue weighted by atomic mass is 16.2. The zero-order valence-corrected chi connectivity index (χ0v) is 16.3. The van der Waals surface area contributed by atoms with Gasteiger partial charge in [-0.25, -0.2) is 0 Å². The molecule has 0 unspecified atom stereocenters. The smallest absolute Gasteiger partial charge is 0.274 e. The number of H-pyrrole nitrogens is 1. The van der Waals surface area contributed by atoms with Crippen LogP contribution in [0.3, 0.4) is 0 Å². The molecule has 0 aliphatic carbocycles. The number of carbonyl (C=O) groups excluding carboxylic acids is 2. The van der Waals surface area contributed by atoms with Crippen LogP contribution in [0, 0.1) is 12.8 Å². The number of likely N-dealkylation sites (tertiary alicyclic amines) is 3. The van der Waals surface area contributed by atoms with Crippen molar-refractivity contribution in [1.82, 2.24) is 24.9 Å². The predicted molar refractivity (Wildman–Crippen MR) is 102 cm³/mol. The standard InChI is InChI=1S/C20H31N5O2/c1-15-13-18(22-21-15)20(27)24-11-6-17(7-12-24)25-10-4-5-16(14-25)19(26)23-8-2-3-9-23/h13,16-17H,2-12,14H2,1H3,(H,21,22)/t16-/m0/s1. The van der Waals surface area contributed by atoms with Crippen molar-refractivity contribution in [3.05, 3.63) is 17.5 Å². The average Bonchev–Trinajstić information content (AvgIpc) is 3.39. The summed E-state index contributed by atoms with van der Waals surface area (Å²) in [6, 6.07) is 2.30. The lowest BCUT2D eigenvalue weighted by Crippen LogP contribution is -2.51. The van der Waals surface area contributed by atoms with Gasteiger partial charge in [-0.2, -0.15) is 5.10 Å². The molecule has 0 aromatic carbocycles. The number of aromatic nitrogens is 2. The zero-order valence-electron chi connectivity index (χ0n) is 16.3. The third-order valence-electron chi connectivity index (χ3n) is 6.41. The van der Waals surface area contributed by atoms with Crippen LogP contribution < -0.4 is 0 Å². The molecule has 3 aliphatic heterocycles. The first-order chi connectivity index (χ1) is 13.1. The maximum atomic E-state index is 12.8. The van der Waals surface area contributed by atoms with Crippen molar-refractivity contribution in [3.63, 3.8) is 0 Å². The molecule has 0 saturated carbocycles. The van der Waals surface area contributed by atoms with Crippen LogP contribution in [0.15, 0.2) is 6.07 Å². The van der Waals surface area contributed by atoms with Crippen LogP contribution in [-0.2, 0) is 4.79 Å². The summed E-state index contributed by atoms with van der Waals surface area (Å²) in [5.41, 5.74) is 1.43. The van der Waals surface area contributed by atoms with E-state index in [0.29, 0.717) is 17.6 Å². The summed E-state index contributed by atoms with van der Waals surface area (Å²) in [5, 5.41) is 6.94. The van der Waals surface area contributed by atoms with Crippen molar-refractivity contribution in [2.45, 2.75) is 51.5 Å². The molecule has 7 nitrogen and oxygen atoms in total. The van der Waals surface area contributed by atoms with Crippen LogP contribution in [0.25, 0.3) is 0 Å². The Morgan fingerprint density at radius 3 is 2.41 bits per heavy atom. The predicted octanol–water partition coefficient (Wildman–Crippen LogP) is 1.66. The Morgan fingerprint density at radius 1 is 1.00 bits per heavy atom. The zero-order chi connectivity index (χ0) is 18.8. The molecule has 2 amide bonds. The molecule has 1 atom stereocenters. The lowest BCUT2D eigenvalue weighted by Gasteiger charge is -2.42. The van der Waals surface area contributed by atoms with E-state index in [1.165, 1.54) is 0 Å². The summed E-state index contributed by atoms with van der Waals surface area (Å²) < 4.78 is 0. The van der Waals surface area contributed by atoms with Gasteiger partial charge in [-0.3, -0.25) is 19.6 Å². The minimum absolute atomic E-state index is 0.0264. The Morgan fingerprint density at radius 2 is 1.74 bits per heavy atom. The van der Waals surface area contributed by atoms with E-state index in [-0.39, 0.29) is 11.8 Å². The monoisotopic (exact) mass is 373 g/mol. The molecular weight excluding hydrogens is 342 g/mol. The second-order valence-electron chi connectivity index (χ2n) is 8.33. The Bertz CT molecular complexity index is 674. The maximum absolute atomic E-state index is 12.8. The van der Waals surface area contributed by atoms with Gasteiger partial charge < -0.3 is 9.80 Å². The fourth-order valence-electron chi connectivity index (χ4n) is 4.86. The van der Waals surface area contributed by atoms with Gasteiger partial charge in [0.25, 0.3) is 5.91 Å². The van der Waals surface area contributed by atoms with Gasteiger partial charge in [0.15, 0.2) is 0 Å². The molecule has 0 spiro atoms. The van der Waals surface area contributed by atoms with Crippen LogP contribution in [0.2, 0.25) is 0 Å². The number of nitrogens with zero attached hydrogens (tertiary/aromatic N) is 4. The molecule has 0 bridgehead atoms. The molecule has 1 aromatic rings. The van der Waals surface area contributed by atoms with Gasteiger partial charge in [-0.05, 0) is 58.1 Å². The number of aryl methyl sites for hydroxylation is 1. The van der Waals surface area contributed by atoms with E-state index in [0.717, 1.165) is 83.5 Å². The van der Waals surface area contributed by atoms with Gasteiger partial charge in [-0.1, -0.05) is 0 Å². The number of aromatic amines is 1. The molecule has 148 valence electrons. The Balaban J connectivity index is 1.30. The van der Waals surface area contributed by atoms with E-state index in [2.05, 4.69) is 20.0 Å². The Labute approximate surface area is 161 Å². The van der Waals surface area contributed by atoms with Crippen molar-refractivity contribution in [1.29, 1.82) is 0 Å². The largest absolute Gasteiger partial charge is 0.342 e. The molecule has 4 rings (SSSR count). The highest BCUT2D eigenvalue weighted by molar-refractivity contribution is 5.92. The SMILES string of the molecule is Cc1cc(C(=O)N2CCC(N3CCC[C@H](C(=O)N4CCCC4)C3)CC2)n[nH]1. The van der Waals surface area contributed by atoms with Gasteiger partial charge in [0.05, 0.1) is 5.92 Å². The molecule has 3 fully saturated rings. The topological polar surface area (TPSA) is 72.5 Å². The van der Waals surface area contributed by atoms with Crippen molar-refractivity contribution >= 4 is 11.8 Å². The number of rotatable bonds is 3. The normalized spacial score (nSPS) is 25.1. The van der Waals surface area contributed by atoms with Crippen molar-refractivity contribution in [3.8, 4) is 0 Å². The lowest BCUT2D eigenvalue weighted by atomic mass is 9.93. The second kappa shape index (κ2) is 8.00. The van der Waals surface area contributed by atoms with Gasteiger partial charge in [0.2, 0.25) is 5.91 Å². The highest BCUT2D eigenvalue weighted by Crippen LogP contribution is 2.26. The number of piperidine rings is 2. The lowest BCUT2D eigenvalue weighted by molar-refractivity contribution is -0.136. The summed E-state index contributed by atoms with van der Waals surface area (Å²) in [5.74, 6) is 0.570. The number of carbonyl (C=O) groups is 2. The van der Waals surface area contributed by atoms with Crippen LogP contribution in [0.1, 0.15) is 54.7 Å². The summed E-state index contributed by atoms with van der Waals surface area (Å²) in [6.07, 6.45) is 6.42. The summed E-state index contributed by atoms with van der Waals surface area (Å²) in [4.78, 5) is 31.8. The van der Waals surface area contributed by atoms with Crippen molar-refractivity contribution in [2.75, 3.05) is 39.3 Å². The number of nitrogens with one attached hydrogen (secondary N) is 1. The maximum Gasteiger partial charge on any atom is 0.274 e. The van der Waals surface area contributed by atoms with Crippen molar-refractivity contribution in [2.24, 2.45) is 5.92 Å². The van der Waals surface area contributed by atoms with E-state index < -0.39 is 0 Å². The molecule has 4 heterocycles. The number of hydrogen-bond acceptors (Lipinski definition) is 4. The van der Waals surface area contributed by atoms with Gasteiger partial charge >= 0.3 is 0 Å². The Kier molecular flexibility index (Phi) is 5.48. The second-order valence-corrected chi connectivity index (χ2v) is 8.33. The molecular formula is C20H31N5O2. The Hall–Kier alpha value is -1.89. The van der Waals surface area contributed by atoms with Crippen LogP contribution >= 0.6 is 0 Å². The summed E-state index contributed by atoms with van der Waals surface area (Å²) >= 11 is 0. The molecule has 3 saturated heterocycles.